The van der Waals surface area contributed by atoms with Gasteiger partial charge in [0.25, 0.3) is 11.8 Å². The van der Waals surface area contributed by atoms with Crippen molar-refractivity contribution in [2.75, 3.05) is 18.6 Å². The van der Waals surface area contributed by atoms with Crippen molar-refractivity contribution in [1.29, 1.82) is 0 Å². The number of pyridine rings is 1. The number of hydrogen-bond acceptors (Lipinski definition) is 5. The van der Waals surface area contributed by atoms with E-state index in [1.165, 1.54) is 15.8 Å². The van der Waals surface area contributed by atoms with Crippen LogP contribution in [0.25, 0.3) is 0 Å². The van der Waals surface area contributed by atoms with E-state index < -0.39 is 64.3 Å². The van der Waals surface area contributed by atoms with Crippen LogP contribution < -0.4 is 15.8 Å². The van der Waals surface area contributed by atoms with Crippen molar-refractivity contribution in [1.82, 2.24) is 14.9 Å². The summed E-state index contributed by atoms with van der Waals surface area (Å²) in [6, 6.07) is 0.961. The molecule has 8 nitrogen and oxygen atoms in total. The molecule has 2 N–H and O–H groups in total. The highest BCUT2D eigenvalue weighted by Crippen LogP contribution is 2.29. The van der Waals surface area contributed by atoms with Crippen LogP contribution in [0.2, 0.25) is 0 Å². The maximum atomic E-state index is 13.9. The summed E-state index contributed by atoms with van der Waals surface area (Å²) in [4.78, 5) is 39.8. The van der Waals surface area contributed by atoms with Crippen molar-refractivity contribution < 1.29 is 27.9 Å². The second-order valence-electron chi connectivity index (χ2n) is 8.76. The zero-order valence-electron chi connectivity index (χ0n) is 18.8. The summed E-state index contributed by atoms with van der Waals surface area (Å²) in [5.41, 5.74) is -2.41. The molecule has 1 aromatic heterocycles. The fourth-order valence-corrected chi connectivity index (χ4v) is 4.57. The third-order valence-corrected chi connectivity index (χ3v) is 6.65. The number of carbonyl (C=O) groups is 2. The molecule has 2 heterocycles. The summed E-state index contributed by atoms with van der Waals surface area (Å²) in [5.74, 6) is -5.59. The summed E-state index contributed by atoms with van der Waals surface area (Å²) in [6.07, 6.45) is 4.94. The molecular formula is C23H25F3N4O4. The molecule has 1 aliphatic heterocycles. The van der Waals surface area contributed by atoms with E-state index in [0.29, 0.717) is 24.6 Å². The molecule has 1 aromatic carbocycles. The third kappa shape index (κ3) is 4.10. The van der Waals surface area contributed by atoms with E-state index in [2.05, 4.69) is 5.32 Å². The van der Waals surface area contributed by atoms with Gasteiger partial charge in [-0.05, 0) is 25.7 Å². The van der Waals surface area contributed by atoms with Crippen LogP contribution in [0.15, 0.2) is 23.1 Å². The van der Waals surface area contributed by atoms with Gasteiger partial charge in [-0.2, -0.15) is 0 Å². The van der Waals surface area contributed by atoms with E-state index in [0.717, 1.165) is 25.7 Å². The Labute approximate surface area is 193 Å². The molecule has 4 rings (SSSR count). The van der Waals surface area contributed by atoms with Crippen LogP contribution in [0.1, 0.15) is 59.0 Å². The molecule has 2 aliphatic rings. The highest BCUT2D eigenvalue weighted by molar-refractivity contribution is 5.99. The molecule has 182 valence electrons. The molecule has 0 saturated heterocycles. The van der Waals surface area contributed by atoms with Crippen LogP contribution in [0.3, 0.4) is 0 Å². The molecule has 1 atom stereocenters. The van der Waals surface area contributed by atoms with Crippen molar-refractivity contribution >= 4 is 11.8 Å². The smallest absolute Gasteiger partial charge is 0.277 e. The number of halogens is 3. The normalized spacial score (nSPS) is 18.4. The molecule has 2 amide bonds. The van der Waals surface area contributed by atoms with E-state index in [4.69, 9.17) is 0 Å². The monoisotopic (exact) mass is 478 g/mol. The number of carbonyl (C=O) groups excluding carboxylic acids is 2. The minimum atomic E-state index is -1.19. The fourth-order valence-electron chi connectivity index (χ4n) is 4.57. The number of benzene rings is 1. The number of aromatic nitrogens is 1. The largest absolute Gasteiger partial charge is 0.502 e. The topological polar surface area (TPSA) is 94.9 Å². The summed E-state index contributed by atoms with van der Waals surface area (Å²) in [7, 11) is 1.56. The van der Waals surface area contributed by atoms with Crippen LogP contribution in [-0.2, 0) is 6.54 Å². The fraction of sp³-hybridized carbons (Fsp3) is 0.435. The Hall–Kier alpha value is -3.50. The van der Waals surface area contributed by atoms with Gasteiger partial charge in [-0.25, -0.2) is 13.2 Å². The summed E-state index contributed by atoms with van der Waals surface area (Å²) < 4.78 is 42.3. The standard InChI is InChI=1S/C23H25F3N4O4/c1-12-28(2)23(34)19-21(32)20(31)16(11-30(19)29(12)10-13-5-3-4-6-13)22(33)27-9-15-17(25)7-14(24)8-18(15)26/h7-8,11-13,32H,3-6,9-10H2,1-2H3,(H,27,33)/t12-/m0/s1. The van der Waals surface area contributed by atoms with Gasteiger partial charge in [-0.3, -0.25) is 24.1 Å². The Bertz CT molecular complexity index is 1190. The molecular weight excluding hydrogens is 453 g/mol. The van der Waals surface area contributed by atoms with Crippen LogP contribution in [0, 0.1) is 23.4 Å². The second kappa shape index (κ2) is 9.03. The molecule has 34 heavy (non-hydrogen) atoms. The quantitative estimate of drug-likeness (QED) is 0.689. The number of rotatable bonds is 5. The van der Waals surface area contributed by atoms with E-state index in [9.17, 15) is 32.7 Å². The van der Waals surface area contributed by atoms with E-state index in [1.807, 2.05) is 5.01 Å². The van der Waals surface area contributed by atoms with Gasteiger partial charge in [0.15, 0.2) is 11.4 Å². The van der Waals surface area contributed by atoms with Gasteiger partial charge in [0, 0.05) is 44.0 Å². The highest BCUT2D eigenvalue weighted by Gasteiger charge is 2.38. The number of nitrogens with one attached hydrogen (secondary N) is 1. The maximum absolute atomic E-state index is 13.9. The highest BCUT2D eigenvalue weighted by atomic mass is 19.1. The first-order valence-corrected chi connectivity index (χ1v) is 11.0. The van der Waals surface area contributed by atoms with Gasteiger partial charge < -0.3 is 15.3 Å². The Kier molecular flexibility index (Phi) is 6.28. The van der Waals surface area contributed by atoms with Crippen molar-refractivity contribution in [2.45, 2.75) is 45.3 Å². The van der Waals surface area contributed by atoms with Crippen LogP contribution in [0.4, 0.5) is 13.2 Å². The number of hydrogen-bond donors (Lipinski definition) is 2. The van der Waals surface area contributed by atoms with Crippen LogP contribution in [0.5, 0.6) is 5.75 Å². The Balaban J connectivity index is 1.69. The van der Waals surface area contributed by atoms with Gasteiger partial charge in [0.05, 0.1) is 0 Å². The number of nitrogens with zero attached hydrogens (tertiary/aromatic N) is 3. The lowest BCUT2D eigenvalue weighted by Crippen LogP contribution is -2.60. The SMILES string of the molecule is C[C@H]1N(C)C(=O)c2c(O)c(=O)c(C(=O)NCc3c(F)cc(F)cc3F)cn2N1CC1CCCC1. The molecule has 0 spiro atoms. The first-order valence-electron chi connectivity index (χ1n) is 11.0. The predicted octanol–water partition coefficient (Wildman–Crippen LogP) is 2.46. The Morgan fingerprint density at radius 3 is 2.38 bits per heavy atom. The maximum Gasteiger partial charge on any atom is 0.277 e. The zero-order chi connectivity index (χ0) is 24.7. The molecule has 0 bridgehead atoms. The molecule has 1 fully saturated rings. The van der Waals surface area contributed by atoms with E-state index in [-0.39, 0.29) is 5.69 Å². The summed E-state index contributed by atoms with van der Waals surface area (Å²) in [5, 5.41) is 14.6. The average Bonchev–Trinajstić information content (AvgIpc) is 3.29. The van der Waals surface area contributed by atoms with Crippen molar-refractivity contribution in [2.24, 2.45) is 5.92 Å². The lowest BCUT2D eigenvalue weighted by atomic mass is 10.1. The molecule has 0 radical (unpaired) electrons. The van der Waals surface area contributed by atoms with Crippen molar-refractivity contribution in [3.63, 3.8) is 0 Å². The average molecular weight is 478 g/mol. The molecule has 0 unspecified atom stereocenters. The van der Waals surface area contributed by atoms with Gasteiger partial charge in [0.1, 0.15) is 29.2 Å². The van der Waals surface area contributed by atoms with E-state index >= 15 is 0 Å². The lowest BCUT2D eigenvalue weighted by molar-refractivity contribution is 0.0643. The van der Waals surface area contributed by atoms with Gasteiger partial charge in [-0.15, -0.1) is 0 Å². The minimum absolute atomic E-state index is 0.254. The molecule has 11 heteroatoms. The van der Waals surface area contributed by atoms with E-state index in [1.54, 1.807) is 14.0 Å². The second-order valence-corrected chi connectivity index (χ2v) is 8.76. The lowest BCUT2D eigenvalue weighted by Gasteiger charge is -2.44. The Morgan fingerprint density at radius 1 is 1.15 bits per heavy atom. The number of amides is 2. The van der Waals surface area contributed by atoms with Gasteiger partial charge in [-0.1, -0.05) is 12.8 Å². The minimum Gasteiger partial charge on any atom is -0.502 e. The number of aromatic hydroxyl groups is 1. The van der Waals surface area contributed by atoms with Crippen LogP contribution in [-0.4, -0.2) is 46.3 Å². The van der Waals surface area contributed by atoms with Crippen LogP contribution >= 0.6 is 0 Å². The zero-order valence-corrected chi connectivity index (χ0v) is 18.8. The third-order valence-electron chi connectivity index (χ3n) is 6.65. The molecule has 1 aliphatic carbocycles. The van der Waals surface area contributed by atoms with Crippen molar-refractivity contribution in [3.8, 4) is 5.75 Å². The van der Waals surface area contributed by atoms with Gasteiger partial charge in [0.2, 0.25) is 5.43 Å². The molecule has 2 aromatic rings. The first-order chi connectivity index (χ1) is 16.1. The predicted molar refractivity (Wildman–Crippen MR) is 116 cm³/mol. The van der Waals surface area contributed by atoms with Crippen molar-refractivity contribution in [3.05, 3.63) is 62.8 Å². The first kappa shape index (κ1) is 23.7. The Morgan fingerprint density at radius 2 is 1.76 bits per heavy atom. The molecule has 1 saturated carbocycles. The summed E-state index contributed by atoms with van der Waals surface area (Å²) >= 11 is 0. The number of fused-ring (bicyclic) bond motifs is 1. The van der Waals surface area contributed by atoms with Gasteiger partial charge >= 0.3 is 0 Å². The summed E-state index contributed by atoms with van der Waals surface area (Å²) in [6.45, 7) is 1.69.